The molecular formula is C14H28N2O2. The van der Waals surface area contributed by atoms with E-state index < -0.39 is 5.60 Å². The van der Waals surface area contributed by atoms with E-state index in [2.05, 4.69) is 17.6 Å². The molecule has 4 heteroatoms. The maximum atomic E-state index is 11.8. The second kappa shape index (κ2) is 6.98. The van der Waals surface area contributed by atoms with E-state index in [1.54, 1.807) is 0 Å². The van der Waals surface area contributed by atoms with Gasteiger partial charge in [0.15, 0.2) is 0 Å². The number of carbonyl (C=O) groups is 1. The Morgan fingerprint density at radius 1 is 1.44 bits per heavy atom. The number of carbonyl (C=O) groups excluding carboxylic acids is 1. The predicted molar refractivity (Wildman–Crippen MR) is 73.7 cm³/mol. The fraction of sp³-hybridized carbons (Fsp3) is 0.929. The fourth-order valence-corrected chi connectivity index (χ4v) is 2.34. The van der Waals surface area contributed by atoms with E-state index in [0.29, 0.717) is 5.92 Å². The van der Waals surface area contributed by atoms with Gasteiger partial charge in [0.1, 0.15) is 5.60 Å². The van der Waals surface area contributed by atoms with Crippen LogP contribution in [0.5, 0.6) is 0 Å². The van der Waals surface area contributed by atoms with Crippen molar-refractivity contribution < 1.29 is 9.53 Å². The molecule has 0 aliphatic carbocycles. The van der Waals surface area contributed by atoms with Crippen LogP contribution in [0.25, 0.3) is 0 Å². The summed E-state index contributed by atoms with van der Waals surface area (Å²) < 4.78 is 5.32. The van der Waals surface area contributed by atoms with E-state index in [1.807, 2.05) is 20.8 Å². The molecule has 2 N–H and O–H groups in total. The number of hydrogen-bond donors (Lipinski definition) is 2. The lowest BCUT2D eigenvalue weighted by Gasteiger charge is -2.33. The van der Waals surface area contributed by atoms with Crippen LogP contribution in [0.2, 0.25) is 0 Å². The first-order valence-electron chi connectivity index (χ1n) is 7.12. The Labute approximate surface area is 111 Å². The van der Waals surface area contributed by atoms with Gasteiger partial charge in [0, 0.05) is 6.04 Å². The van der Waals surface area contributed by atoms with E-state index in [1.165, 1.54) is 19.3 Å². The van der Waals surface area contributed by atoms with Crippen LogP contribution in [0.4, 0.5) is 4.79 Å². The zero-order chi connectivity index (χ0) is 13.6. The smallest absolute Gasteiger partial charge is 0.407 e. The standard InChI is InChI=1S/C14H28N2O2/c1-5-6-7-11-10-15-9-8-12(11)16-13(17)18-14(2,3)4/h11-12,15H,5-10H2,1-4H3,(H,16,17). The van der Waals surface area contributed by atoms with Crippen molar-refractivity contribution in [1.29, 1.82) is 0 Å². The van der Waals surface area contributed by atoms with Crippen molar-refractivity contribution >= 4 is 6.09 Å². The molecule has 0 spiro atoms. The molecule has 2 unspecified atom stereocenters. The highest BCUT2D eigenvalue weighted by molar-refractivity contribution is 5.68. The normalized spacial score (nSPS) is 24.7. The van der Waals surface area contributed by atoms with Crippen molar-refractivity contribution in [3.8, 4) is 0 Å². The number of unbranched alkanes of at least 4 members (excludes halogenated alkanes) is 1. The van der Waals surface area contributed by atoms with Gasteiger partial charge in [-0.3, -0.25) is 0 Å². The molecule has 1 saturated heterocycles. The molecule has 0 aromatic carbocycles. The minimum Gasteiger partial charge on any atom is -0.444 e. The number of alkyl carbamates (subject to hydrolysis) is 1. The summed E-state index contributed by atoms with van der Waals surface area (Å²) in [6.45, 7) is 9.85. The Kier molecular flexibility index (Phi) is 5.93. The first kappa shape index (κ1) is 15.3. The third-order valence-corrected chi connectivity index (χ3v) is 3.24. The van der Waals surface area contributed by atoms with Gasteiger partial charge in [0.25, 0.3) is 0 Å². The molecular weight excluding hydrogens is 228 g/mol. The van der Waals surface area contributed by atoms with E-state index in [0.717, 1.165) is 19.5 Å². The Balaban J connectivity index is 2.43. The van der Waals surface area contributed by atoms with E-state index >= 15 is 0 Å². The number of rotatable bonds is 4. The summed E-state index contributed by atoms with van der Waals surface area (Å²) in [5.74, 6) is 0.534. The van der Waals surface area contributed by atoms with Gasteiger partial charge < -0.3 is 15.4 Å². The van der Waals surface area contributed by atoms with Crippen LogP contribution >= 0.6 is 0 Å². The molecule has 0 bridgehead atoms. The van der Waals surface area contributed by atoms with Crippen LogP contribution in [0, 0.1) is 5.92 Å². The minimum absolute atomic E-state index is 0.257. The Bertz CT molecular complexity index is 261. The van der Waals surface area contributed by atoms with Gasteiger partial charge in [0.05, 0.1) is 0 Å². The second-order valence-corrected chi connectivity index (χ2v) is 6.15. The summed E-state index contributed by atoms with van der Waals surface area (Å²) in [5.41, 5.74) is -0.421. The fourth-order valence-electron chi connectivity index (χ4n) is 2.34. The summed E-state index contributed by atoms with van der Waals surface area (Å²) in [7, 11) is 0. The average Bonchev–Trinajstić information content (AvgIpc) is 2.25. The molecule has 4 nitrogen and oxygen atoms in total. The van der Waals surface area contributed by atoms with Crippen molar-refractivity contribution in [3.63, 3.8) is 0 Å². The van der Waals surface area contributed by atoms with Gasteiger partial charge in [-0.2, -0.15) is 0 Å². The number of piperidine rings is 1. The monoisotopic (exact) mass is 256 g/mol. The van der Waals surface area contributed by atoms with E-state index in [4.69, 9.17) is 4.74 Å². The van der Waals surface area contributed by atoms with Gasteiger partial charge in [-0.1, -0.05) is 19.8 Å². The van der Waals surface area contributed by atoms with Crippen molar-refractivity contribution in [3.05, 3.63) is 0 Å². The van der Waals surface area contributed by atoms with Crippen LogP contribution in [-0.2, 0) is 4.74 Å². The molecule has 1 aliphatic rings. The molecule has 1 aliphatic heterocycles. The van der Waals surface area contributed by atoms with E-state index in [-0.39, 0.29) is 12.1 Å². The van der Waals surface area contributed by atoms with Crippen LogP contribution in [-0.4, -0.2) is 30.8 Å². The summed E-state index contributed by atoms with van der Waals surface area (Å²) in [6.07, 6.45) is 4.31. The van der Waals surface area contributed by atoms with Crippen molar-refractivity contribution in [2.24, 2.45) is 5.92 Å². The number of amides is 1. The Morgan fingerprint density at radius 3 is 2.78 bits per heavy atom. The van der Waals surface area contributed by atoms with Gasteiger partial charge in [-0.25, -0.2) is 4.79 Å². The topological polar surface area (TPSA) is 50.4 Å². The van der Waals surface area contributed by atoms with Gasteiger partial charge in [-0.15, -0.1) is 0 Å². The lowest BCUT2D eigenvalue weighted by Crippen LogP contribution is -2.50. The highest BCUT2D eigenvalue weighted by Crippen LogP contribution is 2.18. The minimum atomic E-state index is -0.421. The number of hydrogen-bond acceptors (Lipinski definition) is 3. The number of ether oxygens (including phenoxy) is 1. The molecule has 1 fully saturated rings. The van der Waals surface area contributed by atoms with Crippen molar-refractivity contribution in [2.45, 2.75) is 65.0 Å². The van der Waals surface area contributed by atoms with Crippen LogP contribution < -0.4 is 10.6 Å². The van der Waals surface area contributed by atoms with Crippen LogP contribution in [0.15, 0.2) is 0 Å². The first-order chi connectivity index (χ1) is 8.42. The zero-order valence-corrected chi connectivity index (χ0v) is 12.2. The third-order valence-electron chi connectivity index (χ3n) is 3.24. The molecule has 106 valence electrons. The van der Waals surface area contributed by atoms with Gasteiger partial charge in [-0.05, 0) is 52.6 Å². The van der Waals surface area contributed by atoms with Crippen LogP contribution in [0.1, 0.15) is 53.4 Å². The molecule has 18 heavy (non-hydrogen) atoms. The SMILES string of the molecule is CCCCC1CNCCC1NC(=O)OC(C)(C)C. The van der Waals surface area contributed by atoms with Gasteiger partial charge >= 0.3 is 6.09 Å². The lowest BCUT2D eigenvalue weighted by molar-refractivity contribution is 0.0471. The van der Waals surface area contributed by atoms with Gasteiger partial charge in [0.2, 0.25) is 0 Å². The number of nitrogens with one attached hydrogen (secondary N) is 2. The molecule has 1 heterocycles. The highest BCUT2D eigenvalue weighted by atomic mass is 16.6. The Morgan fingerprint density at radius 2 is 2.17 bits per heavy atom. The largest absolute Gasteiger partial charge is 0.444 e. The lowest BCUT2D eigenvalue weighted by atomic mass is 9.89. The summed E-state index contributed by atoms with van der Waals surface area (Å²) >= 11 is 0. The predicted octanol–water partition coefficient (Wildman–Crippen LogP) is 2.68. The maximum absolute atomic E-state index is 11.8. The quantitative estimate of drug-likeness (QED) is 0.813. The molecule has 2 atom stereocenters. The van der Waals surface area contributed by atoms with Crippen LogP contribution in [0.3, 0.4) is 0 Å². The summed E-state index contributed by atoms with van der Waals surface area (Å²) in [5, 5.41) is 6.44. The van der Waals surface area contributed by atoms with Crippen molar-refractivity contribution in [1.82, 2.24) is 10.6 Å². The molecule has 0 aromatic rings. The molecule has 1 rings (SSSR count). The first-order valence-corrected chi connectivity index (χ1v) is 7.12. The average molecular weight is 256 g/mol. The second-order valence-electron chi connectivity index (χ2n) is 6.15. The Hall–Kier alpha value is -0.770. The van der Waals surface area contributed by atoms with E-state index in [9.17, 15) is 4.79 Å². The zero-order valence-electron chi connectivity index (χ0n) is 12.2. The third kappa shape index (κ3) is 5.71. The summed E-state index contributed by atoms with van der Waals surface area (Å²) in [4.78, 5) is 11.8. The molecule has 0 saturated carbocycles. The van der Waals surface area contributed by atoms with Crippen molar-refractivity contribution in [2.75, 3.05) is 13.1 Å². The summed E-state index contributed by atoms with van der Waals surface area (Å²) in [6, 6.07) is 0.257. The molecule has 0 radical (unpaired) electrons. The molecule has 0 aromatic heterocycles. The maximum Gasteiger partial charge on any atom is 0.407 e. The highest BCUT2D eigenvalue weighted by Gasteiger charge is 2.27. The molecule has 1 amide bonds.